The van der Waals surface area contributed by atoms with E-state index in [0.717, 1.165) is 83.2 Å². The Morgan fingerprint density at radius 3 is 1.56 bits per heavy atom. The first-order valence-electron chi connectivity index (χ1n) is 21.3. The predicted molar refractivity (Wildman–Crippen MR) is 260 cm³/mol. The molecule has 0 aliphatic rings. The van der Waals surface area contributed by atoms with Crippen LogP contribution in [0.4, 0.5) is 0 Å². The summed E-state index contributed by atoms with van der Waals surface area (Å²) < 4.78 is 4.71. The molecular formula is C58H36N6. The summed E-state index contributed by atoms with van der Waals surface area (Å²) >= 11 is 0. The third-order valence-electron chi connectivity index (χ3n) is 12.2. The summed E-state index contributed by atoms with van der Waals surface area (Å²) in [6.45, 7) is 0. The highest BCUT2D eigenvalue weighted by Crippen LogP contribution is 2.43. The standard InChI is InChI=1S/C58H36N6/c59-37-42-21-10-11-24-44(42)40-31-33-53-49(35-40)47-26-13-15-30-52(47)64(53)54-34-32-41(45-27-16-28-48-46-25-12-14-29-51(46)63(55(45)48)43-22-8-3-9-23-43)36-50(54)58-61-56(38-17-4-1-5-18-38)60-57(62-58)39-19-6-2-7-20-39/h1-36H. The number of hydrogen-bond donors (Lipinski definition) is 0. The van der Waals surface area contributed by atoms with Gasteiger partial charge in [-0.1, -0.05) is 164 Å². The zero-order valence-corrected chi connectivity index (χ0v) is 34.5. The van der Waals surface area contributed by atoms with Crippen LogP contribution in [-0.4, -0.2) is 24.1 Å². The molecule has 0 atom stereocenters. The zero-order chi connectivity index (χ0) is 42.6. The second-order valence-electron chi connectivity index (χ2n) is 15.9. The molecule has 0 aliphatic heterocycles. The maximum absolute atomic E-state index is 10.0. The van der Waals surface area contributed by atoms with Crippen LogP contribution in [0.2, 0.25) is 0 Å². The molecule has 0 fully saturated rings. The molecule has 0 spiro atoms. The summed E-state index contributed by atoms with van der Waals surface area (Å²) in [6, 6.07) is 78.0. The Morgan fingerprint density at radius 2 is 0.859 bits per heavy atom. The molecule has 12 aromatic rings. The Balaban J connectivity index is 1.17. The number of nitrogens with zero attached hydrogens (tertiary/aromatic N) is 6. The maximum Gasteiger partial charge on any atom is 0.166 e. The fourth-order valence-electron chi connectivity index (χ4n) is 9.34. The van der Waals surface area contributed by atoms with Crippen molar-refractivity contribution >= 4 is 43.6 Å². The Hall–Kier alpha value is -8.92. The van der Waals surface area contributed by atoms with Crippen LogP contribution in [0.25, 0.3) is 111 Å². The second kappa shape index (κ2) is 15.2. The lowest BCUT2D eigenvalue weighted by Crippen LogP contribution is -2.04. The van der Waals surface area contributed by atoms with Gasteiger partial charge in [0.05, 0.1) is 39.4 Å². The van der Waals surface area contributed by atoms with Crippen molar-refractivity contribution in [2.45, 2.75) is 0 Å². The van der Waals surface area contributed by atoms with Crippen LogP contribution in [0.3, 0.4) is 0 Å². The first kappa shape index (κ1) is 36.9. The average Bonchev–Trinajstić information content (AvgIpc) is 3.89. The summed E-state index contributed by atoms with van der Waals surface area (Å²) in [4.78, 5) is 15.7. The number of rotatable bonds is 7. The molecule has 0 aliphatic carbocycles. The molecule has 6 nitrogen and oxygen atoms in total. The van der Waals surface area contributed by atoms with Crippen LogP contribution in [0, 0.1) is 11.3 Å². The molecular weight excluding hydrogens is 781 g/mol. The van der Waals surface area contributed by atoms with Crippen molar-refractivity contribution in [3.8, 4) is 73.9 Å². The minimum absolute atomic E-state index is 0.561. The van der Waals surface area contributed by atoms with E-state index in [0.29, 0.717) is 23.0 Å². The summed E-state index contributed by atoms with van der Waals surface area (Å²) in [5.74, 6) is 1.75. The lowest BCUT2D eigenvalue weighted by atomic mass is 9.98. The van der Waals surface area contributed by atoms with Crippen LogP contribution >= 0.6 is 0 Å². The number of benzene rings is 9. The Kier molecular flexibility index (Phi) is 8.77. The summed E-state index contributed by atoms with van der Waals surface area (Å²) in [6.07, 6.45) is 0. The molecule has 298 valence electrons. The highest BCUT2D eigenvalue weighted by Gasteiger charge is 2.23. The summed E-state index contributed by atoms with van der Waals surface area (Å²) in [5, 5.41) is 14.6. The van der Waals surface area contributed by atoms with E-state index in [1.807, 2.05) is 84.9 Å². The van der Waals surface area contributed by atoms with Gasteiger partial charge in [-0.3, -0.25) is 0 Å². The number of fused-ring (bicyclic) bond motifs is 6. The number of aromatic nitrogens is 5. The van der Waals surface area contributed by atoms with Crippen molar-refractivity contribution in [3.05, 3.63) is 224 Å². The van der Waals surface area contributed by atoms with Gasteiger partial charge >= 0.3 is 0 Å². The molecule has 64 heavy (non-hydrogen) atoms. The van der Waals surface area contributed by atoms with Gasteiger partial charge in [-0.05, 0) is 71.3 Å². The van der Waals surface area contributed by atoms with Crippen molar-refractivity contribution in [1.82, 2.24) is 24.1 Å². The lowest BCUT2D eigenvalue weighted by Gasteiger charge is -2.17. The van der Waals surface area contributed by atoms with Crippen molar-refractivity contribution < 1.29 is 0 Å². The SMILES string of the molecule is N#Cc1ccccc1-c1ccc2c(c1)c1ccccc1n2-c1ccc(-c2cccc3c4ccccc4n(-c4ccccc4)c23)cc1-c1nc(-c2ccccc2)nc(-c2ccccc2)n1. The quantitative estimate of drug-likeness (QED) is 0.161. The molecule has 0 unspecified atom stereocenters. The number of nitriles is 1. The van der Waals surface area contributed by atoms with Gasteiger partial charge in [0.1, 0.15) is 0 Å². The first-order chi connectivity index (χ1) is 31.7. The molecule has 3 aromatic heterocycles. The number of para-hydroxylation sites is 4. The Morgan fingerprint density at radius 1 is 0.344 bits per heavy atom. The van der Waals surface area contributed by atoms with Crippen LogP contribution < -0.4 is 0 Å². The van der Waals surface area contributed by atoms with Crippen molar-refractivity contribution in [2.75, 3.05) is 0 Å². The van der Waals surface area contributed by atoms with Crippen molar-refractivity contribution in [3.63, 3.8) is 0 Å². The molecule has 0 saturated carbocycles. The Bertz CT molecular complexity index is 3730. The zero-order valence-electron chi connectivity index (χ0n) is 34.5. The van der Waals surface area contributed by atoms with Crippen LogP contribution in [-0.2, 0) is 0 Å². The normalized spacial score (nSPS) is 11.4. The van der Waals surface area contributed by atoms with E-state index in [4.69, 9.17) is 15.0 Å². The van der Waals surface area contributed by atoms with Gasteiger partial charge in [0.15, 0.2) is 17.5 Å². The molecule has 0 amide bonds. The average molecular weight is 817 g/mol. The van der Waals surface area contributed by atoms with E-state index in [1.165, 1.54) is 10.8 Å². The van der Waals surface area contributed by atoms with Gasteiger partial charge in [0, 0.05) is 49.5 Å². The Labute approximate surface area is 369 Å². The molecule has 0 N–H and O–H groups in total. The second-order valence-corrected chi connectivity index (χ2v) is 15.9. The fraction of sp³-hybridized carbons (Fsp3) is 0. The van der Waals surface area contributed by atoms with Crippen molar-refractivity contribution in [1.29, 1.82) is 5.26 Å². The van der Waals surface area contributed by atoms with Gasteiger partial charge < -0.3 is 9.13 Å². The van der Waals surface area contributed by atoms with Crippen LogP contribution in [0.15, 0.2) is 218 Å². The number of hydrogen-bond acceptors (Lipinski definition) is 4. The molecule has 9 aromatic carbocycles. The first-order valence-corrected chi connectivity index (χ1v) is 21.3. The van der Waals surface area contributed by atoms with E-state index in [9.17, 15) is 5.26 Å². The van der Waals surface area contributed by atoms with Gasteiger partial charge in [-0.25, -0.2) is 15.0 Å². The highest BCUT2D eigenvalue weighted by molar-refractivity contribution is 6.14. The molecule has 0 bridgehead atoms. The van der Waals surface area contributed by atoms with E-state index in [2.05, 4.69) is 149 Å². The highest BCUT2D eigenvalue weighted by atomic mass is 15.1. The minimum Gasteiger partial charge on any atom is -0.309 e. The largest absolute Gasteiger partial charge is 0.309 e. The van der Waals surface area contributed by atoms with Gasteiger partial charge in [-0.15, -0.1) is 0 Å². The van der Waals surface area contributed by atoms with Crippen molar-refractivity contribution in [2.24, 2.45) is 0 Å². The third kappa shape index (κ3) is 6.06. The summed E-state index contributed by atoms with van der Waals surface area (Å²) in [5.41, 5.74) is 13.7. The predicted octanol–water partition coefficient (Wildman–Crippen LogP) is 14.3. The topological polar surface area (TPSA) is 72.3 Å². The smallest absolute Gasteiger partial charge is 0.166 e. The lowest BCUT2D eigenvalue weighted by molar-refractivity contribution is 1.06. The van der Waals surface area contributed by atoms with Gasteiger partial charge in [-0.2, -0.15) is 5.26 Å². The molecule has 6 heteroatoms. The third-order valence-corrected chi connectivity index (χ3v) is 12.2. The monoisotopic (exact) mass is 816 g/mol. The van der Waals surface area contributed by atoms with E-state index < -0.39 is 0 Å². The van der Waals surface area contributed by atoms with Gasteiger partial charge in [0.2, 0.25) is 0 Å². The van der Waals surface area contributed by atoms with Crippen LogP contribution in [0.5, 0.6) is 0 Å². The van der Waals surface area contributed by atoms with E-state index in [-0.39, 0.29) is 0 Å². The maximum atomic E-state index is 10.0. The van der Waals surface area contributed by atoms with E-state index in [1.54, 1.807) is 0 Å². The molecule has 0 saturated heterocycles. The minimum atomic E-state index is 0.561. The fourth-order valence-corrected chi connectivity index (χ4v) is 9.34. The molecule has 3 heterocycles. The molecule has 12 rings (SSSR count). The van der Waals surface area contributed by atoms with E-state index >= 15 is 0 Å². The summed E-state index contributed by atoms with van der Waals surface area (Å²) in [7, 11) is 0. The van der Waals surface area contributed by atoms with Gasteiger partial charge in [0.25, 0.3) is 0 Å². The molecule has 0 radical (unpaired) electrons. The van der Waals surface area contributed by atoms with Crippen LogP contribution in [0.1, 0.15) is 5.56 Å².